The van der Waals surface area contributed by atoms with Crippen LogP contribution in [0.15, 0.2) is 18.2 Å². The Labute approximate surface area is 91.9 Å². The quantitative estimate of drug-likeness (QED) is 0.789. The molecule has 0 unspecified atom stereocenters. The Hall–Kier alpha value is -1.62. The molecular weight excluding hydrogens is 210 g/mol. The van der Waals surface area contributed by atoms with Crippen molar-refractivity contribution in [3.8, 4) is 16.3 Å². The summed E-state index contributed by atoms with van der Waals surface area (Å²) in [4.78, 5) is 4.29. The van der Waals surface area contributed by atoms with Gasteiger partial charge in [-0.1, -0.05) is 0 Å². The Morgan fingerprint density at radius 1 is 1.40 bits per heavy atom. The first-order chi connectivity index (χ1) is 7.20. The summed E-state index contributed by atoms with van der Waals surface area (Å²) in [5, 5.41) is 0.877. The van der Waals surface area contributed by atoms with Crippen molar-refractivity contribution in [1.29, 1.82) is 0 Å². The molecule has 0 aliphatic heterocycles. The Balaban J connectivity index is 2.42. The van der Waals surface area contributed by atoms with Crippen LogP contribution in [0.4, 0.5) is 5.69 Å². The van der Waals surface area contributed by atoms with Gasteiger partial charge in [-0.3, -0.25) is 0 Å². The molecule has 0 aliphatic rings. The molecule has 0 radical (unpaired) electrons. The molecule has 78 valence electrons. The Kier molecular flexibility index (Phi) is 2.55. The number of aryl methyl sites for hydroxylation is 1. The normalized spacial score (nSPS) is 10.3. The van der Waals surface area contributed by atoms with Crippen LogP contribution in [0.2, 0.25) is 0 Å². The van der Waals surface area contributed by atoms with Crippen molar-refractivity contribution >= 4 is 17.2 Å². The molecule has 2 aromatic rings. The number of aromatic nitrogens is 2. The molecule has 1 aromatic carbocycles. The number of ether oxygens (including phenoxy) is 1. The molecule has 1 aromatic heterocycles. The minimum absolute atomic E-state index is 0.614. The Morgan fingerprint density at radius 2 is 2.20 bits per heavy atom. The number of rotatable bonds is 2. The summed E-state index contributed by atoms with van der Waals surface area (Å²) in [5.41, 5.74) is 7.39. The summed E-state index contributed by atoms with van der Waals surface area (Å²) in [6.07, 6.45) is 0. The highest BCUT2D eigenvalue weighted by molar-refractivity contribution is 7.09. The van der Waals surface area contributed by atoms with E-state index in [0.717, 1.165) is 16.4 Å². The third-order valence-corrected chi connectivity index (χ3v) is 2.86. The smallest absolute Gasteiger partial charge is 0.144 e. The van der Waals surface area contributed by atoms with Crippen LogP contribution in [0.25, 0.3) is 10.6 Å². The van der Waals surface area contributed by atoms with E-state index >= 15 is 0 Å². The summed E-state index contributed by atoms with van der Waals surface area (Å²) in [6.45, 7) is 1.87. The Morgan fingerprint density at radius 3 is 2.73 bits per heavy atom. The topological polar surface area (TPSA) is 61.0 Å². The van der Waals surface area contributed by atoms with E-state index in [4.69, 9.17) is 10.5 Å². The minimum Gasteiger partial charge on any atom is -0.495 e. The molecule has 0 amide bonds. The summed E-state index contributed by atoms with van der Waals surface area (Å²) >= 11 is 1.37. The molecule has 15 heavy (non-hydrogen) atoms. The van der Waals surface area contributed by atoms with Crippen LogP contribution >= 0.6 is 11.5 Å². The van der Waals surface area contributed by atoms with Gasteiger partial charge in [0.2, 0.25) is 0 Å². The molecular formula is C10H11N3OS. The van der Waals surface area contributed by atoms with E-state index in [-0.39, 0.29) is 0 Å². The van der Waals surface area contributed by atoms with Crippen LogP contribution in [0.5, 0.6) is 5.75 Å². The van der Waals surface area contributed by atoms with Crippen LogP contribution in [-0.2, 0) is 0 Å². The number of nitrogen functional groups attached to an aromatic ring is 1. The van der Waals surface area contributed by atoms with Gasteiger partial charge in [0.05, 0.1) is 12.8 Å². The summed E-state index contributed by atoms with van der Waals surface area (Å²) in [5.74, 6) is 1.46. The number of anilines is 1. The maximum atomic E-state index is 5.81. The SMILES string of the molecule is COc1ccc(-c2nc(C)ns2)cc1N. The van der Waals surface area contributed by atoms with Crippen LogP contribution in [-0.4, -0.2) is 16.5 Å². The van der Waals surface area contributed by atoms with Gasteiger partial charge in [0.15, 0.2) is 0 Å². The minimum atomic E-state index is 0.614. The van der Waals surface area contributed by atoms with Gasteiger partial charge < -0.3 is 10.5 Å². The predicted octanol–water partition coefficient (Wildman–Crippen LogP) is 2.10. The number of benzene rings is 1. The van der Waals surface area contributed by atoms with Crippen molar-refractivity contribution in [3.63, 3.8) is 0 Å². The predicted molar refractivity (Wildman–Crippen MR) is 61.0 cm³/mol. The van der Waals surface area contributed by atoms with Gasteiger partial charge in [-0.15, -0.1) is 0 Å². The van der Waals surface area contributed by atoms with E-state index in [1.165, 1.54) is 11.5 Å². The fourth-order valence-electron chi connectivity index (χ4n) is 1.28. The second-order valence-electron chi connectivity index (χ2n) is 3.10. The van der Waals surface area contributed by atoms with Crippen molar-refractivity contribution in [2.24, 2.45) is 0 Å². The van der Waals surface area contributed by atoms with Gasteiger partial charge in [0.25, 0.3) is 0 Å². The molecule has 0 bridgehead atoms. The van der Waals surface area contributed by atoms with E-state index in [1.807, 2.05) is 25.1 Å². The molecule has 0 spiro atoms. The van der Waals surface area contributed by atoms with Crippen molar-refractivity contribution in [3.05, 3.63) is 24.0 Å². The van der Waals surface area contributed by atoms with Gasteiger partial charge in [0, 0.05) is 5.56 Å². The lowest BCUT2D eigenvalue weighted by molar-refractivity contribution is 0.417. The van der Waals surface area contributed by atoms with Gasteiger partial charge in [-0.2, -0.15) is 4.37 Å². The first-order valence-electron chi connectivity index (χ1n) is 4.45. The van der Waals surface area contributed by atoms with E-state index in [2.05, 4.69) is 9.36 Å². The van der Waals surface area contributed by atoms with Crippen LogP contribution < -0.4 is 10.5 Å². The first-order valence-corrected chi connectivity index (χ1v) is 5.22. The van der Waals surface area contributed by atoms with Crippen molar-refractivity contribution < 1.29 is 4.74 Å². The van der Waals surface area contributed by atoms with Crippen molar-refractivity contribution in [2.75, 3.05) is 12.8 Å². The highest BCUT2D eigenvalue weighted by Crippen LogP contribution is 2.28. The summed E-state index contributed by atoms with van der Waals surface area (Å²) in [7, 11) is 1.60. The third kappa shape index (κ3) is 1.92. The molecule has 2 N–H and O–H groups in total. The molecule has 0 aliphatic carbocycles. The molecule has 5 heteroatoms. The zero-order valence-electron chi connectivity index (χ0n) is 8.52. The third-order valence-electron chi connectivity index (χ3n) is 2.00. The average molecular weight is 221 g/mol. The maximum absolute atomic E-state index is 5.81. The molecule has 0 saturated carbocycles. The average Bonchev–Trinajstić information content (AvgIpc) is 2.65. The molecule has 4 nitrogen and oxygen atoms in total. The van der Waals surface area contributed by atoms with Gasteiger partial charge >= 0.3 is 0 Å². The molecule has 2 rings (SSSR count). The lowest BCUT2D eigenvalue weighted by Gasteiger charge is -2.04. The molecule has 1 heterocycles. The fourth-order valence-corrected chi connectivity index (χ4v) is 1.95. The van der Waals surface area contributed by atoms with E-state index in [1.54, 1.807) is 7.11 Å². The number of hydrogen-bond acceptors (Lipinski definition) is 5. The number of methoxy groups -OCH3 is 1. The number of nitrogens with two attached hydrogens (primary N) is 1. The van der Waals surface area contributed by atoms with E-state index < -0.39 is 0 Å². The second-order valence-corrected chi connectivity index (χ2v) is 3.86. The largest absolute Gasteiger partial charge is 0.495 e. The second kappa shape index (κ2) is 3.86. The number of nitrogens with zero attached hydrogens (tertiary/aromatic N) is 2. The van der Waals surface area contributed by atoms with Crippen LogP contribution in [0.1, 0.15) is 5.82 Å². The molecule has 0 saturated heterocycles. The summed E-state index contributed by atoms with van der Waals surface area (Å²) in [6, 6.07) is 5.61. The highest BCUT2D eigenvalue weighted by Gasteiger charge is 2.06. The maximum Gasteiger partial charge on any atom is 0.144 e. The van der Waals surface area contributed by atoms with Crippen LogP contribution in [0, 0.1) is 6.92 Å². The van der Waals surface area contributed by atoms with Gasteiger partial charge in [-0.25, -0.2) is 4.98 Å². The lowest BCUT2D eigenvalue weighted by atomic mass is 10.2. The van der Waals surface area contributed by atoms with Gasteiger partial charge in [-0.05, 0) is 36.7 Å². The highest BCUT2D eigenvalue weighted by atomic mass is 32.1. The zero-order chi connectivity index (χ0) is 10.8. The van der Waals surface area contributed by atoms with Gasteiger partial charge in [0.1, 0.15) is 16.6 Å². The zero-order valence-corrected chi connectivity index (χ0v) is 9.34. The van der Waals surface area contributed by atoms with Crippen molar-refractivity contribution in [1.82, 2.24) is 9.36 Å². The standard InChI is InChI=1S/C10H11N3OS/c1-6-12-10(15-13-6)7-3-4-9(14-2)8(11)5-7/h3-5H,11H2,1-2H3. The molecule has 0 atom stereocenters. The monoisotopic (exact) mass is 221 g/mol. The van der Waals surface area contributed by atoms with E-state index in [0.29, 0.717) is 11.4 Å². The van der Waals surface area contributed by atoms with Crippen LogP contribution in [0.3, 0.4) is 0 Å². The molecule has 0 fully saturated rings. The Bertz CT molecular complexity index is 481. The summed E-state index contributed by atoms with van der Waals surface area (Å²) < 4.78 is 9.21. The fraction of sp³-hybridized carbons (Fsp3) is 0.200. The van der Waals surface area contributed by atoms with Crippen molar-refractivity contribution in [2.45, 2.75) is 6.92 Å². The number of hydrogen-bond donors (Lipinski definition) is 1. The first kappa shape index (κ1) is 9.92. The van der Waals surface area contributed by atoms with E-state index in [9.17, 15) is 0 Å². The lowest BCUT2D eigenvalue weighted by Crippen LogP contribution is -1.92.